The molecule has 0 rings (SSSR count). The van der Waals surface area contributed by atoms with E-state index in [1.807, 2.05) is 0 Å². The van der Waals surface area contributed by atoms with E-state index in [0.29, 0.717) is 0 Å². The Morgan fingerprint density at radius 2 is 2.50 bits per heavy atom. The molecule has 48 valence electrons. The van der Waals surface area contributed by atoms with Gasteiger partial charge < -0.3 is 4.74 Å². The minimum Gasteiger partial charge on any atom is -0.463 e. The molecule has 0 heterocycles. The Morgan fingerprint density at radius 3 is 2.62 bits per heavy atom. The second-order valence-corrected chi connectivity index (χ2v) is 2.15. The molecule has 0 saturated heterocycles. The van der Waals surface area contributed by atoms with E-state index in [0.717, 1.165) is 0 Å². The number of halogens is 2. The number of esters is 1. The molecule has 0 aliphatic carbocycles. The van der Waals surface area contributed by atoms with Crippen molar-refractivity contribution >= 4 is 28.6 Å². The number of hydrogen-bond acceptors (Lipinski definition) is 2. The van der Waals surface area contributed by atoms with Crippen molar-refractivity contribution in [2.45, 2.75) is 11.1 Å². The Kier molecular flexibility index (Phi) is 4.12. The number of alkyl halides is 2. The summed E-state index contributed by atoms with van der Waals surface area (Å²) in [7, 11) is 0. The number of carbonyl (C=O) groups excluding carboxylic acids is 1. The molecule has 0 saturated carbocycles. The highest BCUT2D eigenvalue weighted by Crippen LogP contribution is 2.02. The molecule has 0 N–H and O–H groups in total. The first-order valence-corrected chi connectivity index (χ1v) is 3.37. The van der Waals surface area contributed by atoms with Crippen molar-refractivity contribution < 1.29 is 13.9 Å². The Labute approximate surface area is 60.5 Å². The second kappa shape index (κ2) is 4.05. The summed E-state index contributed by atoms with van der Waals surface area (Å²) in [6, 6.07) is 0. The molecule has 0 aromatic carbocycles. The molecule has 0 unspecified atom stereocenters. The quantitative estimate of drug-likeness (QED) is 0.407. The van der Waals surface area contributed by atoms with E-state index in [1.54, 1.807) is 6.92 Å². The van der Waals surface area contributed by atoms with Gasteiger partial charge in [-0.3, -0.25) is 0 Å². The van der Waals surface area contributed by atoms with Crippen LogP contribution in [0.5, 0.6) is 0 Å². The number of rotatable bonds is 2. The Morgan fingerprint density at radius 1 is 2.00 bits per heavy atom. The van der Waals surface area contributed by atoms with Crippen molar-refractivity contribution in [2.24, 2.45) is 0 Å². The maximum atomic E-state index is 11.8. The molecule has 0 bridgehead atoms. The van der Waals surface area contributed by atoms with Crippen LogP contribution in [0.4, 0.5) is 4.39 Å². The lowest BCUT2D eigenvalue weighted by molar-refractivity contribution is -0.144. The van der Waals surface area contributed by atoms with E-state index < -0.39 is 10.1 Å². The van der Waals surface area contributed by atoms with Gasteiger partial charge in [0.15, 0.2) is 0 Å². The Bertz CT molecular complexity index is 84.1. The van der Waals surface area contributed by atoms with Crippen LogP contribution in [-0.4, -0.2) is 16.8 Å². The van der Waals surface area contributed by atoms with Gasteiger partial charge >= 0.3 is 5.97 Å². The fourth-order valence-corrected chi connectivity index (χ4v) is 0.385. The molecule has 0 fully saturated rings. The first kappa shape index (κ1) is 8.13. The summed E-state index contributed by atoms with van der Waals surface area (Å²) in [5.41, 5.74) is 0. The molecular weight excluding hydrogens is 226 g/mol. The maximum Gasteiger partial charge on any atom is 0.351 e. The van der Waals surface area contributed by atoms with Crippen LogP contribution in [0.15, 0.2) is 0 Å². The van der Waals surface area contributed by atoms with Gasteiger partial charge in [-0.15, -0.1) is 0 Å². The lowest BCUT2D eigenvalue weighted by atomic mass is 10.7. The van der Waals surface area contributed by atoms with E-state index in [2.05, 4.69) is 4.74 Å². The van der Waals surface area contributed by atoms with Crippen molar-refractivity contribution in [3.63, 3.8) is 0 Å². The maximum absolute atomic E-state index is 11.8. The van der Waals surface area contributed by atoms with Crippen LogP contribution in [0.2, 0.25) is 0 Å². The summed E-state index contributed by atoms with van der Waals surface area (Å²) in [5, 5.41) is 0. The Hall–Kier alpha value is 0.130. The smallest absolute Gasteiger partial charge is 0.351 e. The van der Waals surface area contributed by atoms with Gasteiger partial charge in [-0.05, 0) is 29.5 Å². The average Bonchev–Trinajstić information content (AvgIpc) is 1.67. The predicted molar refractivity (Wildman–Crippen MR) is 35.5 cm³/mol. The first-order chi connectivity index (χ1) is 3.68. The third kappa shape index (κ3) is 3.17. The van der Waals surface area contributed by atoms with Crippen LogP contribution >= 0.6 is 22.6 Å². The van der Waals surface area contributed by atoms with Gasteiger partial charge in [0, 0.05) is 0 Å². The molecule has 1 atom stereocenters. The third-order valence-corrected chi connectivity index (χ3v) is 0.973. The minimum atomic E-state index is -1.52. The first-order valence-electron chi connectivity index (χ1n) is 2.13. The van der Waals surface area contributed by atoms with Crippen molar-refractivity contribution in [1.82, 2.24) is 0 Å². The van der Waals surface area contributed by atoms with Gasteiger partial charge in [0.05, 0.1) is 6.61 Å². The van der Waals surface area contributed by atoms with Crippen LogP contribution in [0, 0.1) is 0 Å². The van der Waals surface area contributed by atoms with E-state index in [9.17, 15) is 9.18 Å². The van der Waals surface area contributed by atoms with Gasteiger partial charge in [0.25, 0.3) is 0 Å². The van der Waals surface area contributed by atoms with Gasteiger partial charge in [-0.2, -0.15) is 0 Å². The zero-order valence-electron chi connectivity index (χ0n) is 4.36. The van der Waals surface area contributed by atoms with Crippen molar-refractivity contribution in [2.75, 3.05) is 6.61 Å². The normalized spacial score (nSPS) is 12.9. The van der Waals surface area contributed by atoms with Gasteiger partial charge in [0.1, 0.15) is 0 Å². The number of ether oxygens (including phenoxy) is 1. The molecule has 0 amide bonds. The molecular formula is C4H6FIO2. The molecule has 0 aromatic rings. The molecule has 0 aliphatic rings. The van der Waals surface area contributed by atoms with Crippen LogP contribution < -0.4 is 0 Å². The topological polar surface area (TPSA) is 26.3 Å². The molecule has 2 nitrogen and oxygen atoms in total. The zero-order chi connectivity index (χ0) is 6.57. The zero-order valence-corrected chi connectivity index (χ0v) is 6.51. The van der Waals surface area contributed by atoms with Crippen molar-refractivity contribution in [3.05, 3.63) is 0 Å². The summed E-state index contributed by atoms with van der Waals surface area (Å²) < 4.78 is 14.6. The lowest BCUT2D eigenvalue weighted by Gasteiger charge is -1.97. The van der Waals surface area contributed by atoms with Gasteiger partial charge in [-0.1, -0.05) is 0 Å². The predicted octanol–water partition coefficient (Wildman–Crippen LogP) is 1.28. The summed E-state index contributed by atoms with van der Waals surface area (Å²) in [6.45, 7) is 1.87. The largest absolute Gasteiger partial charge is 0.463 e. The highest BCUT2D eigenvalue weighted by Gasteiger charge is 2.11. The summed E-state index contributed by atoms with van der Waals surface area (Å²) in [6.07, 6.45) is 0. The standard InChI is InChI=1S/C4H6FIO2/c1-2-8-4(7)3(5)6/h3H,2H2,1H3/t3-/m0/s1. The fraction of sp³-hybridized carbons (Fsp3) is 0.750. The molecule has 4 heteroatoms. The Balaban J connectivity index is 3.33. The van der Waals surface area contributed by atoms with Crippen LogP contribution in [0.3, 0.4) is 0 Å². The van der Waals surface area contributed by atoms with E-state index in [1.165, 1.54) is 22.6 Å². The van der Waals surface area contributed by atoms with Crippen LogP contribution in [0.1, 0.15) is 6.92 Å². The van der Waals surface area contributed by atoms with E-state index >= 15 is 0 Å². The second-order valence-electron chi connectivity index (χ2n) is 1.05. The SMILES string of the molecule is CCOC(=O)[C@@H](F)I. The summed E-state index contributed by atoms with van der Waals surface area (Å²) in [5.74, 6) is -0.798. The van der Waals surface area contributed by atoms with Gasteiger partial charge in [0.2, 0.25) is 4.18 Å². The third-order valence-electron chi connectivity index (χ3n) is 0.465. The highest BCUT2D eigenvalue weighted by atomic mass is 127. The van der Waals surface area contributed by atoms with Crippen molar-refractivity contribution in [3.8, 4) is 0 Å². The molecule has 0 aliphatic heterocycles. The molecule has 0 radical (unpaired) electrons. The van der Waals surface area contributed by atoms with E-state index in [4.69, 9.17) is 0 Å². The highest BCUT2D eigenvalue weighted by molar-refractivity contribution is 14.1. The minimum absolute atomic E-state index is 0.238. The van der Waals surface area contributed by atoms with Crippen LogP contribution in [0.25, 0.3) is 0 Å². The molecule has 8 heavy (non-hydrogen) atoms. The average molecular weight is 232 g/mol. The summed E-state index contributed by atoms with van der Waals surface area (Å²) >= 11 is 1.35. The van der Waals surface area contributed by atoms with Crippen LogP contribution in [-0.2, 0) is 9.53 Å². The van der Waals surface area contributed by atoms with E-state index in [-0.39, 0.29) is 6.61 Å². The fourth-order valence-electron chi connectivity index (χ4n) is 0.205. The van der Waals surface area contributed by atoms with Gasteiger partial charge in [-0.25, -0.2) is 9.18 Å². The van der Waals surface area contributed by atoms with Crippen molar-refractivity contribution in [1.29, 1.82) is 0 Å². The number of hydrogen-bond donors (Lipinski definition) is 0. The monoisotopic (exact) mass is 232 g/mol. The number of carbonyl (C=O) groups is 1. The molecule has 0 spiro atoms. The lowest BCUT2D eigenvalue weighted by Crippen LogP contribution is -2.11. The summed E-state index contributed by atoms with van der Waals surface area (Å²) in [4.78, 5) is 10.1. The molecule has 0 aromatic heterocycles.